The molecule has 1 rings (SSSR count). The zero-order chi connectivity index (χ0) is 27.4. The summed E-state index contributed by atoms with van der Waals surface area (Å²) in [5, 5.41) is 17.1. The maximum absolute atomic E-state index is 13.3. The average molecular weight is 506 g/mol. The molecule has 0 aliphatic carbocycles. The van der Waals surface area contributed by atoms with E-state index in [1.165, 1.54) is 0 Å². The van der Waals surface area contributed by atoms with Crippen molar-refractivity contribution in [3.8, 4) is 0 Å². The van der Waals surface area contributed by atoms with Crippen molar-refractivity contribution in [2.45, 2.75) is 77.5 Å². The summed E-state index contributed by atoms with van der Waals surface area (Å²) in [7, 11) is 0. The summed E-state index contributed by atoms with van der Waals surface area (Å²) in [4.78, 5) is 61.8. The molecule has 36 heavy (non-hydrogen) atoms. The topological polar surface area (TPSA) is 194 Å². The number of benzene rings is 1. The third-order valence-corrected chi connectivity index (χ3v) is 5.57. The predicted octanol–water partition coefficient (Wildman–Crippen LogP) is 0.0630. The van der Waals surface area contributed by atoms with Gasteiger partial charge in [-0.05, 0) is 30.2 Å². The maximum Gasteiger partial charge on any atom is 0.326 e. The van der Waals surface area contributed by atoms with Crippen LogP contribution < -0.4 is 27.4 Å². The number of nitrogens with two attached hydrogens (primary N) is 2. The molecule has 0 aliphatic heterocycles. The first kappa shape index (κ1) is 30.6. The Labute approximate surface area is 211 Å². The van der Waals surface area contributed by atoms with Crippen LogP contribution in [0.2, 0.25) is 0 Å². The van der Waals surface area contributed by atoms with Crippen molar-refractivity contribution in [2.75, 3.05) is 0 Å². The van der Waals surface area contributed by atoms with Crippen molar-refractivity contribution < 1.29 is 29.1 Å². The number of hydrogen-bond acceptors (Lipinski definition) is 6. The maximum atomic E-state index is 13.3. The van der Waals surface area contributed by atoms with Crippen molar-refractivity contribution in [1.29, 1.82) is 0 Å². The molecule has 1 aromatic rings. The monoisotopic (exact) mass is 505 g/mol. The van der Waals surface area contributed by atoms with E-state index in [1.54, 1.807) is 38.1 Å². The van der Waals surface area contributed by atoms with Crippen LogP contribution in [0.15, 0.2) is 30.3 Å². The Morgan fingerprint density at radius 2 is 1.36 bits per heavy atom. The highest BCUT2D eigenvalue weighted by molar-refractivity contribution is 5.94. The number of carboxylic acids is 1. The van der Waals surface area contributed by atoms with Gasteiger partial charge >= 0.3 is 5.97 Å². The fourth-order valence-electron chi connectivity index (χ4n) is 3.42. The molecule has 1 aromatic carbocycles. The third-order valence-electron chi connectivity index (χ3n) is 5.57. The molecule has 0 bridgehead atoms. The number of amides is 4. The van der Waals surface area contributed by atoms with E-state index in [9.17, 15) is 29.1 Å². The molecule has 0 saturated heterocycles. The lowest BCUT2D eigenvalue weighted by Crippen LogP contribution is -2.58. The summed E-state index contributed by atoms with van der Waals surface area (Å²) in [6, 6.07) is 4.63. The molecule has 11 heteroatoms. The van der Waals surface area contributed by atoms with Crippen molar-refractivity contribution in [1.82, 2.24) is 16.0 Å². The van der Waals surface area contributed by atoms with Gasteiger partial charge in [0.25, 0.3) is 0 Å². The quantitative estimate of drug-likeness (QED) is 0.194. The van der Waals surface area contributed by atoms with E-state index < -0.39 is 53.8 Å². The van der Waals surface area contributed by atoms with Crippen LogP contribution in [-0.4, -0.2) is 58.9 Å². The fraction of sp³-hybridized carbons (Fsp3) is 0.560. The minimum absolute atomic E-state index is 0.0132. The van der Waals surface area contributed by atoms with Crippen molar-refractivity contribution in [3.63, 3.8) is 0 Å². The first-order chi connectivity index (χ1) is 16.8. The second-order valence-electron chi connectivity index (χ2n) is 9.62. The molecule has 0 fully saturated rings. The summed E-state index contributed by atoms with van der Waals surface area (Å²) >= 11 is 0. The fourth-order valence-corrected chi connectivity index (χ4v) is 3.42. The van der Waals surface area contributed by atoms with Gasteiger partial charge in [0.15, 0.2) is 0 Å². The van der Waals surface area contributed by atoms with Gasteiger partial charge in [-0.3, -0.25) is 19.2 Å². The SMILES string of the molecule is CC(C)CC(NC(=O)C(CCC(N)=O)NC(=O)C(Cc1ccccc1)NC(=O)C(N)C(C)C)C(=O)O. The number of aliphatic carboxylic acids is 1. The summed E-state index contributed by atoms with van der Waals surface area (Å²) in [6.07, 6.45) is -0.0531. The Balaban J connectivity index is 3.13. The van der Waals surface area contributed by atoms with Crippen LogP contribution in [-0.2, 0) is 30.4 Å². The average Bonchev–Trinajstić information content (AvgIpc) is 2.80. The summed E-state index contributed by atoms with van der Waals surface area (Å²) in [5.41, 5.74) is 11.9. The van der Waals surface area contributed by atoms with Crippen molar-refractivity contribution in [2.24, 2.45) is 23.3 Å². The Bertz CT molecular complexity index is 905. The van der Waals surface area contributed by atoms with Gasteiger partial charge in [0.1, 0.15) is 18.1 Å². The van der Waals surface area contributed by atoms with Crippen LogP contribution in [0, 0.1) is 11.8 Å². The summed E-state index contributed by atoms with van der Waals surface area (Å²) < 4.78 is 0. The van der Waals surface area contributed by atoms with Crippen LogP contribution in [0.25, 0.3) is 0 Å². The van der Waals surface area contributed by atoms with Gasteiger partial charge in [-0.15, -0.1) is 0 Å². The zero-order valence-electron chi connectivity index (χ0n) is 21.3. The lowest BCUT2D eigenvalue weighted by atomic mass is 10.0. The van der Waals surface area contributed by atoms with Crippen molar-refractivity contribution in [3.05, 3.63) is 35.9 Å². The molecule has 0 spiro atoms. The molecule has 0 heterocycles. The van der Waals surface area contributed by atoms with Gasteiger partial charge in [-0.1, -0.05) is 58.0 Å². The Morgan fingerprint density at radius 3 is 1.86 bits per heavy atom. The number of carbonyl (C=O) groups is 5. The van der Waals surface area contributed by atoms with E-state index in [1.807, 2.05) is 19.9 Å². The molecule has 0 aromatic heterocycles. The van der Waals surface area contributed by atoms with Crippen LogP contribution in [0.1, 0.15) is 52.5 Å². The molecule has 11 nitrogen and oxygen atoms in total. The Hall–Kier alpha value is -3.47. The van der Waals surface area contributed by atoms with Gasteiger partial charge in [0, 0.05) is 12.8 Å². The largest absolute Gasteiger partial charge is 0.480 e. The molecule has 4 atom stereocenters. The van der Waals surface area contributed by atoms with Gasteiger partial charge < -0.3 is 32.5 Å². The van der Waals surface area contributed by atoms with E-state index in [4.69, 9.17) is 11.5 Å². The van der Waals surface area contributed by atoms with Crippen molar-refractivity contribution >= 4 is 29.6 Å². The molecule has 0 saturated carbocycles. The molecular formula is C25H39N5O6. The summed E-state index contributed by atoms with van der Waals surface area (Å²) in [5.74, 6) is -4.05. The highest BCUT2D eigenvalue weighted by Gasteiger charge is 2.31. The minimum Gasteiger partial charge on any atom is -0.480 e. The lowest BCUT2D eigenvalue weighted by Gasteiger charge is -2.26. The highest BCUT2D eigenvalue weighted by Crippen LogP contribution is 2.09. The van der Waals surface area contributed by atoms with Gasteiger partial charge in [-0.25, -0.2) is 4.79 Å². The second kappa shape index (κ2) is 14.8. The molecule has 4 amide bonds. The molecule has 0 aliphatic rings. The number of carbonyl (C=O) groups excluding carboxylic acids is 4. The van der Waals surface area contributed by atoms with E-state index in [-0.39, 0.29) is 37.5 Å². The minimum atomic E-state index is -1.24. The first-order valence-electron chi connectivity index (χ1n) is 12.0. The first-order valence-corrected chi connectivity index (χ1v) is 12.0. The van der Waals surface area contributed by atoms with Crippen LogP contribution in [0.3, 0.4) is 0 Å². The number of primary amides is 1. The second-order valence-corrected chi connectivity index (χ2v) is 9.62. The molecule has 200 valence electrons. The van der Waals surface area contributed by atoms with E-state index in [0.29, 0.717) is 0 Å². The molecule has 8 N–H and O–H groups in total. The number of rotatable bonds is 15. The normalized spacial score (nSPS) is 14.4. The zero-order valence-corrected chi connectivity index (χ0v) is 21.3. The lowest BCUT2D eigenvalue weighted by molar-refractivity contribution is -0.143. The highest BCUT2D eigenvalue weighted by atomic mass is 16.4. The van der Waals surface area contributed by atoms with Crippen LogP contribution in [0.5, 0.6) is 0 Å². The standard InChI is InChI=1S/C25H39N5O6/c1-14(2)12-19(25(35)36)30-22(32)17(10-11-20(26)31)28-23(33)18(13-16-8-6-5-7-9-16)29-24(34)21(27)15(3)4/h5-9,14-15,17-19,21H,10-13,27H2,1-4H3,(H2,26,31)(H,28,33)(H,29,34)(H,30,32)(H,35,36). The molecule has 4 unspecified atom stereocenters. The van der Waals surface area contributed by atoms with Gasteiger partial charge in [0.05, 0.1) is 6.04 Å². The number of carboxylic acid groups (broad SMARTS) is 1. The van der Waals surface area contributed by atoms with Crippen LogP contribution >= 0.6 is 0 Å². The smallest absolute Gasteiger partial charge is 0.326 e. The Morgan fingerprint density at radius 1 is 0.833 bits per heavy atom. The third kappa shape index (κ3) is 10.9. The van der Waals surface area contributed by atoms with Crippen LogP contribution in [0.4, 0.5) is 0 Å². The molecular weight excluding hydrogens is 466 g/mol. The van der Waals surface area contributed by atoms with E-state index in [0.717, 1.165) is 5.56 Å². The summed E-state index contributed by atoms with van der Waals surface area (Å²) in [6.45, 7) is 7.17. The van der Waals surface area contributed by atoms with E-state index >= 15 is 0 Å². The van der Waals surface area contributed by atoms with E-state index in [2.05, 4.69) is 16.0 Å². The predicted molar refractivity (Wildman–Crippen MR) is 134 cm³/mol. The number of nitrogens with one attached hydrogen (secondary N) is 3. The van der Waals surface area contributed by atoms with Gasteiger partial charge in [-0.2, -0.15) is 0 Å². The number of hydrogen-bond donors (Lipinski definition) is 6. The van der Waals surface area contributed by atoms with Gasteiger partial charge in [0.2, 0.25) is 23.6 Å². The Kier molecular flexibility index (Phi) is 12.6. The molecule has 0 radical (unpaired) electrons.